The zero-order valence-corrected chi connectivity index (χ0v) is 13.7. The second-order valence-electron chi connectivity index (χ2n) is 6.19. The van der Waals surface area contributed by atoms with Crippen molar-refractivity contribution in [2.75, 3.05) is 19.7 Å². The van der Waals surface area contributed by atoms with Crippen LogP contribution in [0.5, 0.6) is 5.75 Å². The number of piperidine rings is 1. The number of amides is 1. The standard InChI is InChI=1S/C19H21FN2O2/c1-14-5-2-9-18(21-14)19(23)22-10-4-6-15(12-22)13-24-17-8-3-7-16(20)11-17/h2-3,5,7-9,11,15H,4,6,10,12-13H2,1H3/t15-/m0/s1. The molecule has 0 saturated carbocycles. The van der Waals surface area contributed by atoms with Crippen LogP contribution < -0.4 is 4.74 Å². The summed E-state index contributed by atoms with van der Waals surface area (Å²) in [5, 5.41) is 0. The SMILES string of the molecule is Cc1cccc(C(=O)N2CCC[C@H](COc3cccc(F)c3)C2)n1. The highest BCUT2D eigenvalue weighted by Crippen LogP contribution is 2.20. The van der Waals surface area contributed by atoms with Gasteiger partial charge < -0.3 is 9.64 Å². The monoisotopic (exact) mass is 328 g/mol. The maximum atomic E-state index is 13.2. The highest BCUT2D eigenvalue weighted by molar-refractivity contribution is 5.92. The van der Waals surface area contributed by atoms with Crippen molar-refractivity contribution in [1.29, 1.82) is 0 Å². The molecule has 1 aliphatic rings. The number of nitrogens with zero attached hydrogens (tertiary/aromatic N) is 2. The van der Waals surface area contributed by atoms with E-state index < -0.39 is 0 Å². The summed E-state index contributed by atoms with van der Waals surface area (Å²) in [6.45, 7) is 3.74. The van der Waals surface area contributed by atoms with E-state index in [9.17, 15) is 9.18 Å². The fourth-order valence-electron chi connectivity index (χ4n) is 2.98. The van der Waals surface area contributed by atoms with Gasteiger partial charge in [-0.05, 0) is 44.0 Å². The van der Waals surface area contributed by atoms with E-state index in [1.807, 2.05) is 24.0 Å². The minimum atomic E-state index is -0.307. The van der Waals surface area contributed by atoms with Crippen molar-refractivity contribution in [1.82, 2.24) is 9.88 Å². The van der Waals surface area contributed by atoms with Crippen molar-refractivity contribution in [2.24, 2.45) is 5.92 Å². The number of rotatable bonds is 4. The Balaban J connectivity index is 1.59. The van der Waals surface area contributed by atoms with Crippen LogP contribution in [0, 0.1) is 18.7 Å². The van der Waals surface area contributed by atoms with Crippen LogP contribution in [-0.2, 0) is 0 Å². The minimum absolute atomic E-state index is 0.0332. The predicted molar refractivity (Wildman–Crippen MR) is 89.5 cm³/mol. The molecule has 0 unspecified atom stereocenters. The molecule has 1 amide bonds. The molecule has 1 aromatic carbocycles. The number of halogens is 1. The molecule has 1 fully saturated rings. The van der Waals surface area contributed by atoms with Gasteiger partial charge in [0.05, 0.1) is 6.61 Å². The van der Waals surface area contributed by atoms with Crippen LogP contribution in [0.4, 0.5) is 4.39 Å². The second kappa shape index (κ2) is 7.43. The average molecular weight is 328 g/mol. The lowest BCUT2D eigenvalue weighted by Crippen LogP contribution is -2.41. The molecule has 1 atom stereocenters. The first-order chi connectivity index (χ1) is 11.6. The van der Waals surface area contributed by atoms with E-state index in [1.54, 1.807) is 18.2 Å². The summed E-state index contributed by atoms with van der Waals surface area (Å²) in [5.41, 5.74) is 1.32. The van der Waals surface area contributed by atoms with E-state index in [0.29, 0.717) is 24.6 Å². The summed E-state index contributed by atoms with van der Waals surface area (Å²) in [6, 6.07) is 11.6. The van der Waals surface area contributed by atoms with Crippen molar-refractivity contribution >= 4 is 5.91 Å². The first kappa shape index (κ1) is 16.4. The number of hydrogen-bond donors (Lipinski definition) is 0. The predicted octanol–water partition coefficient (Wildman–Crippen LogP) is 3.46. The van der Waals surface area contributed by atoms with Crippen molar-refractivity contribution < 1.29 is 13.9 Å². The number of likely N-dealkylation sites (tertiary alicyclic amines) is 1. The van der Waals surface area contributed by atoms with E-state index in [-0.39, 0.29) is 17.6 Å². The van der Waals surface area contributed by atoms with Crippen molar-refractivity contribution in [3.05, 3.63) is 59.7 Å². The Hall–Kier alpha value is -2.43. The van der Waals surface area contributed by atoms with Gasteiger partial charge in [0.15, 0.2) is 0 Å². The average Bonchev–Trinajstić information content (AvgIpc) is 2.60. The van der Waals surface area contributed by atoms with Gasteiger partial charge in [-0.15, -0.1) is 0 Å². The lowest BCUT2D eigenvalue weighted by atomic mass is 9.98. The number of ether oxygens (including phenoxy) is 1. The molecule has 2 aromatic rings. The second-order valence-corrected chi connectivity index (χ2v) is 6.19. The number of aromatic nitrogens is 1. The maximum Gasteiger partial charge on any atom is 0.272 e. The van der Waals surface area contributed by atoms with Crippen LogP contribution in [-0.4, -0.2) is 35.5 Å². The first-order valence-electron chi connectivity index (χ1n) is 8.23. The van der Waals surface area contributed by atoms with E-state index >= 15 is 0 Å². The lowest BCUT2D eigenvalue weighted by molar-refractivity contribution is 0.0627. The maximum absolute atomic E-state index is 13.2. The largest absolute Gasteiger partial charge is 0.493 e. The fourth-order valence-corrected chi connectivity index (χ4v) is 2.98. The van der Waals surface area contributed by atoms with E-state index in [2.05, 4.69) is 4.98 Å². The molecule has 0 bridgehead atoms. The topological polar surface area (TPSA) is 42.4 Å². The summed E-state index contributed by atoms with van der Waals surface area (Å²) in [7, 11) is 0. The summed E-state index contributed by atoms with van der Waals surface area (Å²) in [6.07, 6.45) is 1.94. The van der Waals surface area contributed by atoms with Gasteiger partial charge in [-0.25, -0.2) is 9.37 Å². The fraction of sp³-hybridized carbons (Fsp3) is 0.368. The highest BCUT2D eigenvalue weighted by Gasteiger charge is 2.25. The van der Waals surface area contributed by atoms with Crippen molar-refractivity contribution in [3.8, 4) is 5.75 Å². The molecule has 1 saturated heterocycles. The van der Waals surface area contributed by atoms with Crippen LogP contribution in [0.2, 0.25) is 0 Å². The molecular weight excluding hydrogens is 307 g/mol. The normalized spacial score (nSPS) is 17.6. The molecule has 1 aliphatic heterocycles. The molecular formula is C19H21FN2O2. The molecule has 24 heavy (non-hydrogen) atoms. The van der Waals surface area contributed by atoms with Gasteiger partial charge in [-0.3, -0.25) is 4.79 Å². The number of carbonyl (C=O) groups excluding carboxylic acids is 1. The smallest absolute Gasteiger partial charge is 0.272 e. The highest BCUT2D eigenvalue weighted by atomic mass is 19.1. The summed E-state index contributed by atoms with van der Waals surface area (Å²) in [4.78, 5) is 18.7. The number of benzene rings is 1. The molecule has 4 nitrogen and oxygen atoms in total. The molecule has 2 heterocycles. The molecule has 1 aromatic heterocycles. The third kappa shape index (κ3) is 4.10. The van der Waals surface area contributed by atoms with Gasteiger partial charge in [0.1, 0.15) is 17.3 Å². The molecule has 0 spiro atoms. The number of carbonyl (C=O) groups is 1. The Morgan fingerprint density at radius 1 is 1.33 bits per heavy atom. The van der Waals surface area contributed by atoms with Crippen LogP contribution in [0.25, 0.3) is 0 Å². The Bertz CT molecular complexity index is 720. The number of hydrogen-bond acceptors (Lipinski definition) is 3. The van der Waals surface area contributed by atoms with Gasteiger partial charge >= 0.3 is 0 Å². The summed E-state index contributed by atoms with van der Waals surface area (Å²) < 4.78 is 18.9. The van der Waals surface area contributed by atoms with Crippen molar-refractivity contribution in [3.63, 3.8) is 0 Å². The Labute approximate surface area is 141 Å². The summed E-state index contributed by atoms with van der Waals surface area (Å²) >= 11 is 0. The van der Waals surface area contributed by atoms with Gasteiger partial charge in [-0.2, -0.15) is 0 Å². The third-order valence-corrected chi connectivity index (χ3v) is 4.20. The van der Waals surface area contributed by atoms with Crippen molar-refractivity contribution in [2.45, 2.75) is 19.8 Å². The molecule has 0 aliphatic carbocycles. The number of pyridine rings is 1. The molecule has 3 rings (SSSR count). The van der Waals surface area contributed by atoms with Gasteiger partial charge in [0.25, 0.3) is 5.91 Å². The number of aryl methyl sites for hydroxylation is 1. The zero-order chi connectivity index (χ0) is 16.9. The first-order valence-corrected chi connectivity index (χ1v) is 8.23. The van der Waals surface area contributed by atoms with E-state index in [1.165, 1.54) is 12.1 Å². The van der Waals surface area contributed by atoms with Crippen LogP contribution in [0.3, 0.4) is 0 Å². The van der Waals surface area contributed by atoms with Crippen LogP contribution >= 0.6 is 0 Å². The van der Waals surface area contributed by atoms with E-state index in [4.69, 9.17) is 4.74 Å². The minimum Gasteiger partial charge on any atom is -0.493 e. The Kier molecular flexibility index (Phi) is 5.08. The quantitative estimate of drug-likeness (QED) is 0.863. The van der Waals surface area contributed by atoms with Gasteiger partial charge in [0, 0.05) is 30.8 Å². The molecule has 126 valence electrons. The summed E-state index contributed by atoms with van der Waals surface area (Å²) in [5.74, 6) is 0.433. The molecule has 0 radical (unpaired) electrons. The van der Waals surface area contributed by atoms with Gasteiger partial charge in [-0.1, -0.05) is 12.1 Å². The lowest BCUT2D eigenvalue weighted by Gasteiger charge is -2.32. The molecule has 0 N–H and O–H groups in total. The third-order valence-electron chi connectivity index (χ3n) is 4.20. The Morgan fingerprint density at radius 3 is 2.96 bits per heavy atom. The van der Waals surface area contributed by atoms with E-state index in [0.717, 1.165) is 25.1 Å². The van der Waals surface area contributed by atoms with Crippen LogP contribution in [0.15, 0.2) is 42.5 Å². The Morgan fingerprint density at radius 2 is 2.17 bits per heavy atom. The van der Waals surface area contributed by atoms with Crippen LogP contribution in [0.1, 0.15) is 29.0 Å². The van der Waals surface area contributed by atoms with Gasteiger partial charge in [0.2, 0.25) is 0 Å². The molecule has 5 heteroatoms. The zero-order valence-electron chi connectivity index (χ0n) is 13.7.